The van der Waals surface area contributed by atoms with Gasteiger partial charge in [0.25, 0.3) is 0 Å². The lowest BCUT2D eigenvalue weighted by Crippen LogP contribution is -2.18. The largest absolute Gasteiger partial charge is 0.279 e. The third kappa shape index (κ3) is 3.41. The van der Waals surface area contributed by atoms with Gasteiger partial charge in [0, 0.05) is 16.7 Å². The number of rotatable bonds is 3. The molecule has 4 rings (SSSR count). The molecule has 0 aliphatic carbocycles. The number of benzene rings is 3. The first-order valence-electron chi connectivity index (χ1n) is 9.21. The first kappa shape index (κ1) is 17.2. The Morgan fingerprint density at radius 1 is 0.593 bits per heavy atom. The van der Waals surface area contributed by atoms with Gasteiger partial charge in [0.15, 0.2) is 5.82 Å². The molecule has 3 nitrogen and oxygen atoms in total. The Morgan fingerprint density at radius 3 is 1.70 bits per heavy atom. The summed E-state index contributed by atoms with van der Waals surface area (Å²) in [6.45, 7) is 6.50. The molecular formula is C24H23N3. The summed E-state index contributed by atoms with van der Waals surface area (Å²) in [6, 6.07) is 29.3. The van der Waals surface area contributed by atoms with E-state index < -0.39 is 0 Å². The minimum atomic E-state index is -0.106. The van der Waals surface area contributed by atoms with Crippen LogP contribution >= 0.6 is 0 Å². The average molecular weight is 353 g/mol. The Morgan fingerprint density at radius 2 is 1.11 bits per heavy atom. The first-order chi connectivity index (χ1) is 13.0. The highest BCUT2D eigenvalue weighted by molar-refractivity contribution is 5.68. The van der Waals surface area contributed by atoms with Crippen molar-refractivity contribution in [1.29, 1.82) is 0 Å². The summed E-state index contributed by atoms with van der Waals surface area (Å²) in [5, 5.41) is 9.08. The van der Waals surface area contributed by atoms with Crippen LogP contribution in [-0.4, -0.2) is 14.8 Å². The molecule has 0 fully saturated rings. The summed E-state index contributed by atoms with van der Waals surface area (Å²) in [5.41, 5.74) is 4.44. The summed E-state index contributed by atoms with van der Waals surface area (Å²) in [6.07, 6.45) is 0. The molecule has 27 heavy (non-hydrogen) atoms. The van der Waals surface area contributed by atoms with Gasteiger partial charge in [0.1, 0.15) is 5.82 Å². The predicted molar refractivity (Wildman–Crippen MR) is 111 cm³/mol. The van der Waals surface area contributed by atoms with Crippen molar-refractivity contribution in [3.8, 4) is 28.2 Å². The van der Waals surface area contributed by atoms with E-state index in [0.717, 1.165) is 22.9 Å². The SMILES string of the molecule is CC(C)(C)c1nnc(-c2ccc(-c3ccccc3)cc2)n1-c1ccccc1. The maximum absolute atomic E-state index is 4.54. The Kier molecular flexibility index (Phi) is 4.36. The maximum atomic E-state index is 4.54. The maximum Gasteiger partial charge on any atom is 0.168 e. The molecule has 0 amide bonds. The fourth-order valence-electron chi connectivity index (χ4n) is 3.22. The molecule has 3 heteroatoms. The van der Waals surface area contributed by atoms with Crippen LogP contribution in [-0.2, 0) is 5.41 Å². The van der Waals surface area contributed by atoms with Crippen molar-refractivity contribution in [1.82, 2.24) is 14.8 Å². The molecule has 0 unspecified atom stereocenters. The van der Waals surface area contributed by atoms with Crippen molar-refractivity contribution >= 4 is 0 Å². The van der Waals surface area contributed by atoms with Gasteiger partial charge in [-0.3, -0.25) is 4.57 Å². The summed E-state index contributed by atoms with van der Waals surface area (Å²) in [5.74, 6) is 1.82. The Labute approximate surface area is 160 Å². The molecule has 0 aliphatic heterocycles. The van der Waals surface area contributed by atoms with E-state index in [-0.39, 0.29) is 5.41 Å². The highest BCUT2D eigenvalue weighted by atomic mass is 15.3. The molecule has 1 heterocycles. The van der Waals surface area contributed by atoms with Crippen molar-refractivity contribution < 1.29 is 0 Å². The van der Waals surface area contributed by atoms with Gasteiger partial charge in [-0.2, -0.15) is 0 Å². The molecule has 3 aromatic carbocycles. The molecule has 134 valence electrons. The zero-order valence-corrected chi connectivity index (χ0v) is 15.9. The Bertz CT molecular complexity index is 1020. The Hall–Kier alpha value is -3.20. The standard InChI is InChI=1S/C24H23N3/c1-24(2,3)23-26-25-22(27(23)21-12-8-5-9-13-21)20-16-14-19(15-17-20)18-10-6-4-7-11-18/h4-17H,1-3H3. The predicted octanol–water partition coefficient (Wildman–Crippen LogP) is 5.90. The molecule has 0 bridgehead atoms. The van der Waals surface area contributed by atoms with Crippen molar-refractivity contribution in [3.05, 3.63) is 90.8 Å². The van der Waals surface area contributed by atoms with Crippen LogP contribution in [0.2, 0.25) is 0 Å². The lowest BCUT2D eigenvalue weighted by Gasteiger charge is -2.20. The van der Waals surface area contributed by atoms with Crippen LogP contribution < -0.4 is 0 Å². The molecule has 0 saturated carbocycles. The Balaban J connectivity index is 1.82. The van der Waals surface area contributed by atoms with E-state index in [4.69, 9.17) is 0 Å². The number of nitrogens with zero attached hydrogens (tertiary/aromatic N) is 3. The minimum absolute atomic E-state index is 0.106. The van der Waals surface area contributed by atoms with E-state index in [1.54, 1.807) is 0 Å². The fraction of sp³-hybridized carbons (Fsp3) is 0.167. The third-order valence-corrected chi connectivity index (χ3v) is 4.60. The molecule has 0 atom stereocenters. The van der Waals surface area contributed by atoms with Gasteiger partial charge < -0.3 is 0 Å². The van der Waals surface area contributed by atoms with E-state index in [0.29, 0.717) is 0 Å². The normalized spacial score (nSPS) is 11.5. The van der Waals surface area contributed by atoms with E-state index in [1.165, 1.54) is 11.1 Å². The molecular weight excluding hydrogens is 330 g/mol. The van der Waals surface area contributed by atoms with Crippen LogP contribution in [0.15, 0.2) is 84.9 Å². The summed E-state index contributed by atoms with van der Waals surface area (Å²) >= 11 is 0. The van der Waals surface area contributed by atoms with Crippen molar-refractivity contribution in [3.63, 3.8) is 0 Å². The lowest BCUT2D eigenvalue weighted by molar-refractivity contribution is 0.533. The van der Waals surface area contributed by atoms with Gasteiger partial charge in [-0.05, 0) is 23.3 Å². The topological polar surface area (TPSA) is 30.7 Å². The summed E-state index contributed by atoms with van der Waals surface area (Å²) < 4.78 is 2.16. The van der Waals surface area contributed by atoms with E-state index in [2.05, 4.69) is 96.2 Å². The average Bonchev–Trinajstić information content (AvgIpc) is 3.15. The molecule has 0 saturated heterocycles. The van der Waals surface area contributed by atoms with Gasteiger partial charge in [0.2, 0.25) is 0 Å². The summed E-state index contributed by atoms with van der Waals surface area (Å²) in [7, 11) is 0. The zero-order valence-electron chi connectivity index (χ0n) is 15.9. The van der Waals surface area contributed by atoms with E-state index >= 15 is 0 Å². The third-order valence-electron chi connectivity index (χ3n) is 4.60. The van der Waals surface area contributed by atoms with Crippen molar-refractivity contribution in [2.75, 3.05) is 0 Å². The quantitative estimate of drug-likeness (QED) is 0.459. The lowest BCUT2D eigenvalue weighted by atomic mass is 9.95. The van der Waals surface area contributed by atoms with Crippen LogP contribution in [0, 0.1) is 0 Å². The molecule has 0 radical (unpaired) electrons. The van der Waals surface area contributed by atoms with E-state index in [9.17, 15) is 0 Å². The van der Waals surface area contributed by atoms with E-state index in [1.807, 2.05) is 24.3 Å². The highest BCUT2D eigenvalue weighted by Crippen LogP contribution is 2.30. The van der Waals surface area contributed by atoms with Gasteiger partial charge in [-0.15, -0.1) is 10.2 Å². The highest BCUT2D eigenvalue weighted by Gasteiger charge is 2.25. The molecule has 0 aliphatic rings. The van der Waals surface area contributed by atoms with Crippen LogP contribution in [0.25, 0.3) is 28.2 Å². The fourth-order valence-corrected chi connectivity index (χ4v) is 3.22. The zero-order chi connectivity index (χ0) is 18.9. The second-order valence-corrected chi connectivity index (χ2v) is 7.71. The van der Waals surface area contributed by atoms with Crippen molar-refractivity contribution in [2.45, 2.75) is 26.2 Å². The molecule has 1 aromatic heterocycles. The van der Waals surface area contributed by atoms with Gasteiger partial charge >= 0.3 is 0 Å². The van der Waals surface area contributed by atoms with Gasteiger partial charge in [0.05, 0.1) is 0 Å². The minimum Gasteiger partial charge on any atom is -0.279 e. The van der Waals surface area contributed by atoms with Crippen LogP contribution in [0.3, 0.4) is 0 Å². The number of hydrogen-bond donors (Lipinski definition) is 0. The number of para-hydroxylation sites is 1. The van der Waals surface area contributed by atoms with Crippen LogP contribution in [0.5, 0.6) is 0 Å². The second kappa shape index (κ2) is 6.84. The molecule has 0 spiro atoms. The number of aromatic nitrogens is 3. The smallest absolute Gasteiger partial charge is 0.168 e. The second-order valence-electron chi connectivity index (χ2n) is 7.71. The molecule has 4 aromatic rings. The molecule has 0 N–H and O–H groups in total. The van der Waals surface area contributed by atoms with Crippen LogP contribution in [0.4, 0.5) is 0 Å². The van der Waals surface area contributed by atoms with Crippen molar-refractivity contribution in [2.24, 2.45) is 0 Å². The monoisotopic (exact) mass is 353 g/mol. The van der Waals surface area contributed by atoms with Gasteiger partial charge in [-0.1, -0.05) is 93.6 Å². The number of hydrogen-bond acceptors (Lipinski definition) is 2. The van der Waals surface area contributed by atoms with Crippen LogP contribution in [0.1, 0.15) is 26.6 Å². The first-order valence-corrected chi connectivity index (χ1v) is 9.21. The van der Waals surface area contributed by atoms with Gasteiger partial charge in [-0.25, -0.2) is 0 Å². The summed E-state index contributed by atoms with van der Waals surface area (Å²) in [4.78, 5) is 0.